The molecule has 0 bridgehead atoms. The van der Waals surface area contributed by atoms with Gasteiger partial charge < -0.3 is 20.1 Å². The number of primary amides is 1. The molecule has 0 radical (unpaired) electrons. The second-order valence-corrected chi connectivity index (χ2v) is 7.92. The molecule has 0 fully saturated rings. The summed E-state index contributed by atoms with van der Waals surface area (Å²) >= 11 is 0. The van der Waals surface area contributed by atoms with Gasteiger partial charge in [-0.2, -0.15) is 0 Å². The number of halogens is 5. The summed E-state index contributed by atoms with van der Waals surface area (Å²) in [5.74, 6) is -3.28. The lowest BCUT2D eigenvalue weighted by molar-refractivity contribution is -0.274. The predicted molar refractivity (Wildman–Crippen MR) is 123 cm³/mol. The third-order valence-corrected chi connectivity index (χ3v) is 5.15. The van der Waals surface area contributed by atoms with Gasteiger partial charge in [-0.15, -0.1) is 13.2 Å². The van der Waals surface area contributed by atoms with E-state index in [0.29, 0.717) is 25.1 Å². The van der Waals surface area contributed by atoms with Crippen molar-refractivity contribution in [3.8, 4) is 11.5 Å². The summed E-state index contributed by atoms with van der Waals surface area (Å²) in [6.45, 7) is 2.65. The number of anilines is 1. The van der Waals surface area contributed by atoms with E-state index < -0.39 is 29.5 Å². The van der Waals surface area contributed by atoms with Gasteiger partial charge in [0.05, 0.1) is 12.3 Å². The van der Waals surface area contributed by atoms with E-state index in [1.54, 1.807) is 11.1 Å². The van der Waals surface area contributed by atoms with E-state index in [9.17, 15) is 22.4 Å². The molecule has 36 heavy (non-hydrogen) atoms. The second kappa shape index (κ2) is 11.7. The molecule has 2 N–H and O–H groups in total. The molecule has 192 valence electrons. The van der Waals surface area contributed by atoms with Crippen LogP contribution in [0.4, 0.5) is 27.6 Å². The zero-order chi connectivity index (χ0) is 26.3. The minimum Gasteiger partial charge on any atom is -0.494 e. The molecule has 0 aliphatic carbocycles. The summed E-state index contributed by atoms with van der Waals surface area (Å²) in [5.41, 5.74) is 5.97. The van der Waals surface area contributed by atoms with Crippen molar-refractivity contribution in [1.29, 1.82) is 0 Å². The van der Waals surface area contributed by atoms with Crippen LogP contribution in [-0.4, -0.2) is 30.4 Å². The lowest BCUT2D eigenvalue weighted by Crippen LogP contribution is -2.27. The standard InChI is InChI=1S/C25H24F5N3O3/c1-16-4-5-17(14-32-16)15-33(21-11-10-20(26)22(23(21)27)24(31)34)12-2-3-13-35-18-6-8-19(9-7-18)36-25(28,29)30/h4-11,14H,2-3,12-13,15H2,1H3,(H2,31,34). The zero-order valence-corrected chi connectivity index (χ0v) is 19.3. The van der Waals surface area contributed by atoms with Gasteiger partial charge in [0.25, 0.3) is 5.91 Å². The van der Waals surface area contributed by atoms with Gasteiger partial charge in [0.15, 0.2) is 5.82 Å². The minimum absolute atomic E-state index is 0.0203. The van der Waals surface area contributed by atoms with Crippen molar-refractivity contribution < 1.29 is 36.2 Å². The van der Waals surface area contributed by atoms with Crippen LogP contribution in [0.3, 0.4) is 0 Å². The quantitative estimate of drug-likeness (QED) is 0.272. The number of unbranched alkanes of at least 4 members (excludes halogenated alkanes) is 1. The number of rotatable bonds is 11. The third-order valence-electron chi connectivity index (χ3n) is 5.15. The first-order valence-corrected chi connectivity index (χ1v) is 11.0. The Labute approximate surface area is 204 Å². The van der Waals surface area contributed by atoms with Gasteiger partial charge in [0.2, 0.25) is 0 Å². The number of nitrogens with two attached hydrogens (primary N) is 1. The van der Waals surface area contributed by atoms with Crippen LogP contribution < -0.4 is 20.1 Å². The van der Waals surface area contributed by atoms with E-state index in [-0.39, 0.29) is 24.6 Å². The Morgan fingerprint density at radius 3 is 2.31 bits per heavy atom. The molecule has 0 saturated heterocycles. The summed E-state index contributed by atoms with van der Waals surface area (Å²) in [6.07, 6.45) is -2.08. The second-order valence-electron chi connectivity index (χ2n) is 7.92. The highest BCUT2D eigenvalue weighted by Crippen LogP contribution is 2.27. The molecule has 2 aromatic carbocycles. The fourth-order valence-corrected chi connectivity index (χ4v) is 3.44. The van der Waals surface area contributed by atoms with Gasteiger partial charge in [0, 0.05) is 25.0 Å². The molecule has 1 aromatic heterocycles. The van der Waals surface area contributed by atoms with Crippen molar-refractivity contribution in [2.45, 2.75) is 32.7 Å². The SMILES string of the molecule is Cc1ccc(CN(CCCCOc2ccc(OC(F)(F)F)cc2)c2ccc(F)c(C(N)=O)c2F)cn1. The molecule has 11 heteroatoms. The molecule has 0 atom stereocenters. The highest BCUT2D eigenvalue weighted by Gasteiger charge is 2.31. The number of aromatic nitrogens is 1. The van der Waals surface area contributed by atoms with E-state index in [1.807, 2.05) is 19.1 Å². The third kappa shape index (κ3) is 7.56. The Balaban J connectivity index is 1.64. The largest absolute Gasteiger partial charge is 0.573 e. The van der Waals surface area contributed by atoms with Crippen LogP contribution in [0.2, 0.25) is 0 Å². The molecular formula is C25H24F5N3O3. The first-order valence-electron chi connectivity index (χ1n) is 11.0. The van der Waals surface area contributed by atoms with E-state index in [0.717, 1.165) is 29.5 Å². The van der Waals surface area contributed by atoms with Crippen molar-refractivity contribution in [2.24, 2.45) is 5.73 Å². The predicted octanol–water partition coefficient (Wildman–Crippen LogP) is 5.53. The van der Waals surface area contributed by atoms with Crippen LogP contribution in [0, 0.1) is 18.6 Å². The summed E-state index contributed by atoms with van der Waals surface area (Å²) < 4.78 is 75.1. The molecule has 1 heterocycles. The van der Waals surface area contributed by atoms with E-state index in [1.165, 1.54) is 18.2 Å². The molecule has 0 aliphatic heterocycles. The number of amides is 1. The van der Waals surface area contributed by atoms with Gasteiger partial charge in [-0.3, -0.25) is 9.78 Å². The number of carbonyl (C=O) groups excluding carboxylic acids is 1. The lowest BCUT2D eigenvalue weighted by atomic mass is 10.1. The zero-order valence-electron chi connectivity index (χ0n) is 19.3. The van der Waals surface area contributed by atoms with Crippen LogP contribution in [0.1, 0.15) is 34.5 Å². The smallest absolute Gasteiger partial charge is 0.494 e. The van der Waals surface area contributed by atoms with Crippen LogP contribution in [0.25, 0.3) is 0 Å². The van der Waals surface area contributed by atoms with Crippen LogP contribution in [0.5, 0.6) is 11.5 Å². The van der Waals surface area contributed by atoms with Crippen molar-refractivity contribution in [2.75, 3.05) is 18.1 Å². The number of aryl methyl sites for hydroxylation is 1. The number of benzene rings is 2. The topological polar surface area (TPSA) is 77.7 Å². The maximum atomic E-state index is 15.0. The van der Waals surface area contributed by atoms with Crippen molar-refractivity contribution >= 4 is 11.6 Å². The first kappa shape index (κ1) is 26.7. The normalized spacial score (nSPS) is 11.3. The molecule has 1 amide bonds. The van der Waals surface area contributed by atoms with Crippen molar-refractivity contribution in [3.05, 3.63) is 83.2 Å². The van der Waals surface area contributed by atoms with Gasteiger partial charge in [-0.05, 0) is 67.8 Å². The molecular weight excluding hydrogens is 485 g/mol. The van der Waals surface area contributed by atoms with Gasteiger partial charge >= 0.3 is 6.36 Å². The highest BCUT2D eigenvalue weighted by atomic mass is 19.4. The fourth-order valence-electron chi connectivity index (χ4n) is 3.44. The monoisotopic (exact) mass is 509 g/mol. The van der Waals surface area contributed by atoms with E-state index in [2.05, 4.69) is 9.72 Å². The van der Waals surface area contributed by atoms with E-state index >= 15 is 4.39 Å². The Hall–Kier alpha value is -3.89. The molecule has 0 spiro atoms. The van der Waals surface area contributed by atoms with E-state index in [4.69, 9.17) is 10.5 Å². The number of hydrogen-bond acceptors (Lipinski definition) is 5. The van der Waals surface area contributed by atoms with Gasteiger partial charge in [-0.1, -0.05) is 6.07 Å². The van der Waals surface area contributed by atoms with Gasteiger partial charge in [0.1, 0.15) is 22.9 Å². The number of hydrogen-bond donors (Lipinski definition) is 1. The molecule has 0 aliphatic rings. The minimum atomic E-state index is -4.77. The van der Waals surface area contributed by atoms with Gasteiger partial charge in [-0.25, -0.2) is 8.78 Å². The van der Waals surface area contributed by atoms with Crippen LogP contribution in [-0.2, 0) is 6.54 Å². The summed E-state index contributed by atoms with van der Waals surface area (Å²) in [5, 5.41) is 0. The molecule has 6 nitrogen and oxygen atoms in total. The summed E-state index contributed by atoms with van der Waals surface area (Å²) in [7, 11) is 0. The number of carbonyl (C=O) groups is 1. The Morgan fingerprint density at radius 1 is 1.00 bits per heavy atom. The van der Waals surface area contributed by atoms with Crippen LogP contribution >= 0.6 is 0 Å². The van der Waals surface area contributed by atoms with Crippen LogP contribution in [0.15, 0.2) is 54.7 Å². The number of ether oxygens (including phenoxy) is 2. The Morgan fingerprint density at radius 2 is 1.69 bits per heavy atom. The Kier molecular flexibility index (Phi) is 8.68. The summed E-state index contributed by atoms with van der Waals surface area (Å²) in [4.78, 5) is 17.5. The first-order chi connectivity index (χ1) is 17.0. The molecule has 3 aromatic rings. The van der Waals surface area contributed by atoms with Crippen molar-refractivity contribution in [3.63, 3.8) is 0 Å². The number of nitrogens with zero attached hydrogens (tertiary/aromatic N) is 2. The highest BCUT2D eigenvalue weighted by molar-refractivity contribution is 5.94. The molecule has 3 rings (SSSR count). The number of alkyl halides is 3. The summed E-state index contributed by atoms with van der Waals surface area (Å²) in [6, 6.07) is 10.9. The molecule has 0 unspecified atom stereocenters. The maximum Gasteiger partial charge on any atom is 0.573 e. The molecule has 0 saturated carbocycles. The average Bonchev–Trinajstić information content (AvgIpc) is 2.79. The Bertz CT molecular complexity index is 1170. The lowest BCUT2D eigenvalue weighted by Gasteiger charge is -2.26. The van der Waals surface area contributed by atoms with Crippen molar-refractivity contribution in [1.82, 2.24) is 4.98 Å². The maximum absolute atomic E-state index is 15.0. The number of pyridine rings is 1. The average molecular weight is 509 g/mol. The fraction of sp³-hybridized carbons (Fsp3) is 0.280.